The summed E-state index contributed by atoms with van der Waals surface area (Å²) in [5, 5.41) is 0. The summed E-state index contributed by atoms with van der Waals surface area (Å²) < 4.78 is 17.9. The fourth-order valence-electron chi connectivity index (χ4n) is 3.85. The molecule has 19 heavy (non-hydrogen) atoms. The molecule has 2 heterocycles. The molecule has 0 bridgehead atoms. The molecule has 1 saturated heterocycles. The molecule has 3 heteroatoms. The maximum Gasteiger partial charge on any atom is 0.168 e. The molecule has 0 unspecified atom stereocenters. The van der Waals surface area contributed by atoms with Crippen LogP contribution in [0.25, 0.3) is 0 Å². The molecule has 3 nitrogen and oxygen atoms in total. The summed E-state index contributed by atoms with van der Waals surface area (Å²) in [6.07, 6.45) is 4.94. The molecule has 4 rings (SSSR count). The first kappa shape index (κ1) is 11.9. The van der Waals surface area contributed by atoms with Crippen LogP contribution in [0.1, 0.15) is 36.8 Å². The highest BCUT2D eigenvalue weighted by Crippen LogP contribution is 2.49. The Kier molecular flexibility index (Phi) is 2.69. The lowest BCUT2D eigenvalue weighted by Crippen LogP contribution is -2.45. The summed E-state index contributed by atoms with van der Waals surface area (Å²) in [5.41, 5.74) is 2.77. The highest BCUT2D eigenvalue weighted by Gasteiger charge is 2.49. The average Bonchev–Trinajstić information content (AvgIpc) is 2.92. The molecule has 1 aliphatic carbocycles. The number of hydrogen-bond donors (Lipinski definition) is 0. The molecule has 1 aromatic carbocycles. The van der Waals surface area contributed by atoms with Gasteiger partial charge in [0.15, 0.2) is 5.79 Å². The summed E-state index contributed by atoms with van der Waals surface area (Å²) in [6, 6.07) is 8.74. The SMILES string of the molecule is c1ccc2c(c1)CCOC21CCC2(CC1)OCCO2. The molecule has 1 aromatic rings. The Morgan fingerprint density at radius 2 is 1.53 bits per heavy atom. The van der Waals surface area contributed by atoms with E-state index in [9.17, 15) is 0 Å². The molecule has 0 aromatic heterocycles. The van der Waals surface area contributed by atoms with E-state index in [1.54, 1.807) is 0 Å². The molecular weight excluding hydrogens is 240 g/mol. The van der Waals surface area contributed by atoms with Gasteiger partial charge in [-0.05, 0) is 30.4 Å². The Balaban J connectivity index is 1.63. The Bertz CT molecular complexity index is 467. The van der Waals surface area contributed by atoms with Gasteiger partial charge in [0, 0.05) is 12.8 Å². The molecule has 2 spiro atoms. The minimum atomic E-state index is -0.305. The number of rotatable bonds is 0. The standard InChI is InChI=1S/C16H20O3/c1-2-4-14-13(3-1)5-10-17-15(14)6-8-16(9-7-15)18-11-12-19-16/h1-4H,5-12H2. The van der Waals surface area contributed by atoms with Crippen molar-refractivity contribution in [2.45, 2.75) is 43.5 Å². The number of ether oxygens (including phenoxy) is 3. The van der Waals surface area contributed by atoms with E-state index in [2.05, 4.69) is 24.3 Å². The Hall–Kier alpha value is -0.900. The smallest absolute Gasteiger partial charge is 0.168 e. The highest BCUT2D eigenvalue weighted by atomic mass is 16.7. The van der Waals surface area contributed by atoms with E-state index in [-0.39, 0.29) is 11.4 Å². The van der Waals surface area contributed by atoms with Crippen LogP contribution in [-0.4, -0.2) is 25.6 Å². The third-order valence-corrected chi connectivity index (χ3v) is 4.89. The zero-order valence-corrected chi connectivity index (χ0v) is 11.2. The van der Waals surface area contributed by atoms with Gasteiger partial charge in [-0.25, -0.2) is 0 Å². The van der Waals surface area contributed by atoms with Crippen molar-refractivity contribution in [3.05, 3.63) is 35.4 Å². The number of hydrogen-bond acceptors (Lipinski definition) is 3. The van der Waals surface area contributed by atoms with Gasteiger partial charge in [0.2, 0.25) is 0 Å². The predicted molar refractivity (Wildman–Crippen MR) is 70.9 cm³/mol. The third kappa shape index (κ3) is 1.83. The van der Waals surface area contributed by atoms with E-state index in [1.807, 2.05) is 0 Å². The van der Waals surface area contributed by atoms with E-state index >= 15 is 0 Å². The van der Waals surface area contributed by atoms with Gasteiger partial charge in [-0.2, -0.15) is 0 Å². The summed E-state index contributed by atoms with van der Waals surface area (Å²) in [4.78, 5) is 0. The van der Waals surface area contributed by atoms with Gasteiger partial charge >= 0.3 is 0 Å². The van der Waals surface area contributed by atoms with E-state index in [1.165, 1.54) is 11.1 Å². The van der Waals surface area contributed by atoms with Gasteiger partial charge in [-0.3, -0.25) is 0 Å². The second-order valence-electron chi connectivity index (χ2n) is 5.86. The molecule has 0 atom stereocenters. The van der Waals surface area contributed by atoms with Gasteiger partial charge in [-0.15, -0.1) is 0 Å². The fourth-order valence-corrected chi connectivity index (χ4v) is 3.85. The van der Waals surface area contributed by atoms with Crippen LogP contribution in [0, 0.1) is 0 Å². The maximum absolute atomic E-state index is 6.22. The van der Waals surface area contributed by atoms with Crippen molar-refractivity contribution in [3.8, 4) is 0 Å². The zero-order valence-electron chi connectivity index (χ0n) is 11.2. The van der Waals surface area contributed by atoms with E-state index in [0.29, 0.717) is 0 Å². The van der Waals surface area contributed by atoms with Crippen LogP contribution in [0.15, 0.2) is 24.3 Å². The van der Waals surface area contributed by atoms with Crippen LogP contribution in [0.5, 0.6) is 0 Å². The van der Waals surface area contributed by atoms with Crippen molar-refractivity contribution in [3.63, 3.8) is 0 Å². The number of benzene rings is 1. The molecule has 102 valence electrons. The molecule has 0 amide bonds. The third-order valence-electron chi connectivity index (χ3n) is 4.89. The summed E-state index contributed by atoms with van der Waals surface area (Å²) >= 11 is 0. The molecular formula is C16H20O3. The fraction of sp³-hybridized carbons (Fsp3) is 0.625. The van der Waals surface area contributed by atoms with Gasteiger partial charge in [-0.1, -0.05) is 24.3 Å². The lowest BCUT2D eigenvalue weighted by Gasteiger charge is -2.46. The molecule has 1 saturated carbocycles. The highest BCUT2D eigenvalue weighted by molar-refractivity contribution is 5.35. The minimum Gasteiger partial charge on any atom is -0.370 e. The largest absolute Gasteiger partial charge is 0.370 e. The summed E-state index contributed by atoms with van der Waals surface area (Å²) in [6.45, 7) is 2.32. The maximum atomic E-state index is 6.22. The molecule has 3 aliphatic rings. The molecule has 0 radical (unpaired) electrons. The van der Waals surface area contributed by atoms with Crippen molar-refractivity contribution >= 4 is 0 Å². The summed E-state index contributed by atoms with van der Waals surface area (Å²) in [5.74, 6) is -0.305. The van der Waals surface area contributed by atoms with Gasteiger partial charge in [0.05, 0.1) is 25.4 Å². The number of fused-ring (bicyclic) bond motifs is 2. The van der Waals surface area contributed by atoms with E-state index < -0.39 is 0 Å². The van der Waals surface area contributed by atoms with Crippen LogP contribution < -0.4 is 0 Å². The van der Waals surface area contributed by atoms with Crippen molar-refractivity contribution in [1.29, 1.82) is 0 Å². The lowest BCUT2D eigenvalue weighted by atomic mass is 9.74. The van der Waals surface area contributed by atoms with Gasteiger partial charge < -0.3 is 14.2 Å². The molecule has 2 aliphatic heterocycles. The van der Waals surface area contributed by atoms with Crippen molar-refractivity contribution in [2.24, 2.45) is 0 Å². The second kappa shape index (κ2) is 4.30. The normalized spacial score (nSPS) is 27.6. The average molecular weight is 260 g/mol. The predicted octanol–water partition coefficient (Wildman–Crippen LogP) is 2.77. The lowest BCUT2D eigenvalue weighted by molar-refractivity contribution is -0.215. The van der Waals surface area contributed by atoms with E-state index in [4.69, 9.17) is 14.2 Å². The Morgan fingerprint density at radius 3 is 2.32 bits per heavy atom. The van der Waals surface area contributed by atoms with Crippen LogP contribution in [0.3, 0.4) is 0 Å². The van der Waals surface area contributed by atoms with Crippen molar-refractivity contribution < 1.29 is 14.2 Å². The van der Waals surface area contributed by atoms with E-state index in [0.717, 1.165) is 51.9 Å². The Morgan fingerprint density at radius 1 is 0.789 bits per heavy atom. The minimum absolute atomic E-state index is 0.0879. The van der Waals surface area contributed by atoms with Gasteiger partial charge in [0.1, 0.15) is 0 Å². The van der Waals surface area contributed by atoms with Crippen LogP contribution >= 0.6 is 0 Å². The molecule has 0 N–H and O–H groups in total. The second-order valence-corrected chi connectivity index (χ2v) is 5.86. The quantitative estimate of drug-likeness (QED) is 0.718. The van der Waals surface area contributed by atoms with Crippen LogP contribution in [-0.2, 0) is 26.2 Å². The first-order chi connectivity index (χ1) is 9.32. The van der Waals surface area contributed by atoms with Crippen LogP contribution in [0.2, 0.25) is 0 Å². The van der Waals surface area contributed by atoms with Gasteiger partial charge in [0.25, 0.3) is 0 Å². The monoisotopic (exact) mass is 260 g/mol. The Labute approximate surface area is 113 Å². The first-order valence-electron chi connectivity index (χ1n) is 7.32. The van der Waals surface area contributed by atoms with Crippen LogP contribution in [0.4, 0.5) is 0 Å². The van der Waals surface area contributed by atoms with Crippen molar-refractivity contribution in [2.75, 3.05) is 19.8 Å². The first-order valence-corrected chi connectivity index (χ1v) is 7.32. The topological polar surface area (TPSA) is 27.7 Å². The zero-order chi connectivity index (χ0) is 12.8. The molecule has 2 fully saturated rings. The summed E-state index contributed by atoms with van der Waals surface area (Å²) in [7, 11) is 0. The van der Waals surface area contributed by atoms with Crippen molar-refractivity contribution in [1.82, 2.24) is 0 Å².